The lowest BCUT2D eigenvalue weighted by atomic mass is 9.95. The number of anilines is 1. The van der Waals surface area contributed by atoms with Gasteiger partial charge in [-0.1, -0.05) is 39.0 Å². The number of hydrogen-bond acceptors (Lipinski definition) is 5. The van der Waals surface area contributed by atoms with E-state index in [4.69, 9.17) is 9.47 Å². The molecule has 0 aliphatic carbocycles. The molecule has 0 unspecified atom stereocenters. The van der Waals surface area contributed by atoms with Crippen LogP contribution in [0.2, 0.25) is 0 Å². The lowest BCUT2D eigenvalue weighted by Crippen LogP contribution is -2.27. The van der Waals surface area contributed by atoms with Gasteiger partial charge in [0.1, 0.15) is 5.75 Å². The van der Waals surface area contributed by atoms with Crippen molar-refractivity contribution in [2.45, 2.75) is 33.8 Å². The minimum Gasteiger partial charge on any atom is -0.496 e. The fraction of sp³-hybridized carbons (Fsp3) is 0.292. The SMILES string of the molecule is COc1ccccc1/C=C/C(=O)O[C@@H](C)C(=O)c1ccc(NC(=O)C(C)(C)C)cc1. The molecule has 6 nitrogen and oxygen atoms in total. The molecule has 0 saturated heterocycles. The van der Waals surface area contributed by atoms with Crippen molar-refractivity contribution in [3.05, 3.63) is 65.7 Å². The first-order chi connectivity index (χ1) is 14.1. The maximum atomic E-state index is 12.5. The number of ketones is 1. The monoisotopic (exact) mass is 409 g/mol. The molecule has 0 aliphatic rings. The third-order valence-corrected chi connectivity index (χ3v) is 4.31. The number of amides is 1. The molecule has 0 saturated carbocycles. The van der Waals surface area contributed by atoms with Crippen LogP contribution in [0.3, 0.4) is 0 Å². The molecule has 2 aromatic carbocycles. The van der Waals surface area contributed by atoms with Crippen molar-refractivity contribution in [3.63, 3.8) is 0 Å². The Morgan fingerprint density at radius 1 is 1.00 bits per heavy atom. The molecule has 2 aromatic rings. The molecule has 30 heavy (non-hydrogen) atoms. The summed E-state index contributed by atoms with van der Waals surface area (Å²) in [6.45, 7) is 6.97. The Balaban J connectivity index is 1.97. The molecule has 1 atom stereocenters. The Morgan fingerprint density at radius 3 is 2.23 bits per heavy atom. The summed E-state index contributed by atoms with van der Waals surface area (Å²) in [5.41, 5.74) is 1.19. The molecular weight excluding hydrogens is 382 g/mol. The van der Waals surface area contributed by atoms with E-state index in [9.17, 15) is 14.4 Å². The summed E-state index contributed by atoms with van der Waals surface area (Å²) in [6.07, 6.45) is 1.88. The Hall–Kier alpha value is -3.41. The number of nitrogens with one attached hydrogen (secondary N) is 1. The highest BCUT2D eigenvalue weighted by atomic mass is 16.5. The normalized spacial score (nSPS) is 12.3. The van der Waals surface area contributed by atoms with Gasteiger partial charge in [-0.2, -0.15) is 0 Å². The first kappa shape index (κ1) is 22.9. The van der Waals surface area contributed by atoms with Crippen molar-refractivity contribution in [1.82, 2.24) is 0 Å². The maximum Gasteiger partial charge on any atom is 0.331 e. The minimum absolute atomic E-state index is 0.120. The molecule has 6 heteroatoms. The van der Waals surface area contributed by atoms with E-state index in [0.29, 0.717) is 17.0 Å². The molecule has 0 aliphatic heterocycles. The predicted molar refractivity (Wildman–Crippen MR) is 116 cm³/mol. The average molecular weight is 409 g/mol. The van der Waals surface area contributed by atoms with E-state index in [-0.39, 0.29) is 11.7 Å². The zero-order chi connectivity index (χ0) is 22.3. The van der Waals surface area contributed by atoms with Crippen molar-refractivity contribution < 1.29 is 23.9 Å². The van der Waals surface area contributed by atoms with E-state index in [1.807, 2.05) is 32.9 Å². The van der Waals surface area contributed by atoms with E-state index >= 15 is 0 Å². The number of ether oxygens (including phenoxy) is 2. The highest BCUT2D eigenvalue weighted by Gasteiger charge is 2.22. The van der Waals surface area contributed by atoms with E-state index in [0.717, 1.165) is 5.56 Å². The topological polar surface area (TPSA) is 81.7 Å². The van der Waals surface area contributed by atoms with Crippen LogP contribution in [0.1, 0.15) is 43.6 Å². The van der Waals surface area contributed by atoms with Gasteiger partial charge in [0.25, 0.3) is 0 Å². The van der Waals surface area contributed by atoms with Crippen LogP contribution < -0.4 is 10.1 Å². The molecule has 0 fully saturated rings. The van der Waals surface area contributed by atoms with Crippen LogP contribution in [0, 0.1) is 5.41 Å². The van der Waals surface area contributed by atoms with Gasteiger partial charge in [0, 0.05) is 28.3 Å². The predicted octanol–water partition coefficient (Wildman–Crippen LogP) is 4.51. The number of benzene rings is 2. The lowest BCUT2D eigenvalue weighted by molar-refractivity contribution is -0.140. The van der Waals surface area contributed by atoms with Gasteiger partial charge in [0.2, 0.25) is 11.7 Å². The third kappa shape index (κ3) is 6.30. The molecule has 1 amide bonds. The first-order valence-electron chi connectivity index (χ1n) is 9.59. The van der Waals surface area contributed by atoms with Gasteiger partial charge >= 0.3 is 5.97 Å². The highest BCUT2D eigenvalue weighted by Crippen LogP contribution is 2.20. The van der Waals surface area contributed by atoms with Crippen molar-refractivity contribution in [3.8, 4) is 5.75 Å². The second-order valence-electron chi connectivity index (χ2n) is 7.80. The molecule has 0 heterocycles. The van der Waals surface area contributed by atoms with Crippen LogP contribution in [0.5, 0.6) is 5.75 Å². The Kier molecular flexibility index (Phi) is 7.53. The van der Waals surface area contributed by atoms with Crippen LogP contribution in [-0.2, 0) is 14.3 Å². The van der Waals surface area contributed by atoms with Crippen LogP contribution in [0.25, 0.3) is 6.08 Å². The summed E-state index contributed by atoms with van der Waals surface area (Å²) in [7, 11) is 1.55. The van der Waals surface area contributed by atoms with E-state index in [1.54, 1.807) is 49.6 Å². The van der Waals surface area contributed by atoms with Crippen molar-refractivity contribution in [2.75, 3.05) is 12.4 Å². The molecule has 1 N–H and O–H groups in total. The fourth-order valence-corrected chi connectivity index (χ4v) is 2.50. The van der Waals surface area contributed by atoms with Crippen molar-refractivity contribution in [1.29, 1.82) is 0 Å². The fourth-order valence-electron chi connectivity index (χ4n) is 2.50. The molecular formula is C24H27NO5. The quantitative estimate of drug-likeness (QED) is 0.413. The van der Waals surface area contributed by atoms with Gasteiger partial charge in [0.05, 0.1) is 7.11 Å². The second kappa shape index (κ2) is 9.87. The molecule has 0 bridgehead atoms. The van der Waals surface area contributed by atoms with Gasteiger partial charge in [-0.05, 0) is 43.3 Å². The van der Waals surface area contributed by atoms with Crippen molar-refractivity contribution in [2.24, 2.45) is 5.41 Å². The molecule has 0 spiro atoms. The number of hydrogen-bond donors (Lipinski definition) is 1. The minimum atomic E-state index is -0.949. The summed E-state index contributed by atoms with van der Waals surface area (Å²) in [6, 6.07) is 13.7. The number of esters is 1. The molecule has 0 radical (unpaired) electrons. The second-order valence-corrected chi connectivity index (χ2v) is 7.80. The van der Waals surface area contributed by atoms with Crippen LogP contribution in [0.4, 0.5) is 5.69 Å². The van der Waals surface area contributed by atoms with Crippen LogP contribution >= 0.6 is 0 Å². The van der Waals surface area contributed by atoms with E-state index < -0.39 is 17.5 Å². The molecule has 158 valence electrons. The smallest absolute Gasteiger partial charge is 0.331 e. The number of carbonyl (C=O) groups excluding carboxylic acids is 3. The van der Waals surface area contributed by atoms with Gasteiger partial charge in [-0.3, -0.25) is 9.59 Å². The summed E-state index contributed by atoms with van der Waals surface area (Å²) < 4.78 is 10.4. The summed E-state index contributed by atoms with van der Waals surface area (Å²) in [5, 5.41) is 2.80. The highest BCUT2D eigenvalue weighted by molar-refractivity contribution is 6.02. The number of para-hydroxylation sites is 1. The number of rotatable bonds is 7. The van der Waals surface area contributed by atoms with Gasteiger partial charge in [0.15, 0.2) is 6.10 Å². The van der Waals surface area contributed by atoms with Crippen molar-refractivity contribution >= 4 is 29.4 Å². The Morgan fingerprint density at radius 2 is 1.63 bits per heavy atom. The summed E-state index contributed by atoms with van der Waals surface area (Å²) >= 11 is 0. The zero-order valence-electron chi connectivity index (χ0n) is 17.9. The van der Waals surface area contributed by atoms with E-state index in [1.165, 1.54) is 13.0 Å². The van der Waals surface area contributed by atoms with Crippen LogP contribution in [0.15, 0.2) is 54.6 Å². The molecule has 2 rings (SSSR count). The number of Topliss-reactive ketones (excluding diaryl/α,β-unsaturated/α-hetero) is 1. The van der Waals surface area contributed by atoms with Crippen LogP contribution in [-0.4, -0.2) is 30.9 Å². The first-order valence-corrected chi connectivity index (χ1v) is 9.59. The summed E-state index contributed by atoms with van der Waals surface area (Å²) in [5.74, 6) is -0.450. The lowest BCUT2D eigenvalue weighted by Gasteiger charge is -2.18. The number of methoxy groups -OCH3 is 1. The maximum absolute atomic E-state index is 12.5. The zero-order valence-corrected chi connectivity index (χ0v) is 17.9. The third-order valence-electron chi connectivity index (χ3n) is 4.31. The summed E-state index contributed by atoms with van der Waals surface area (Å²) in [4.78, 5) is 36.7. The average Bonchev–Trinajstić information content (AvgIpc) is 2.71. The standard InChI is InChI=1S/C24H27NO5/c1-16(30-21(26)15-12-17-8-6-7-9-20(17)29-5)22(27)18-10-13-19(14-11-18)25-23(28)24(2,3)4/h6-16H,1-5H3,(H,25,28)/b15-12+/t16-/m0/s1. The largest absolute Gasteiger partial charge is 0.496 e. The van der Waals surface area contributed by atoms with Gasteiger partial charge in [-0.15, -0.1) is 0 Å². The number of carbonyl (C=O) groups is 3. The van der Waals surface area contributed by atoms with Gasteiger partial charge < -0.3 is 14.8 Å². The van der Waals surface area contributed by atoms with E-state index in [2.05, 4.69) is 5.32 Å². The Bertz CT molecular complexity index is 939. The Labute approximate surface area is 176 Å². The molecule has 0 aromatic heterocycles. The van der Waals surface area contributed by atoms with Gasteiger partial charge in [-0.25, -0.2) is 4.79 Å².